The number of rotatable bonds is 15. The highest BCUT2D eigenvalue weighted by Crippen LogP contribution is 2.49. The number of methoxy groups -OCH3 is 1. The predicted molar refractivity (Wildman–Crippen MR) is 133 cm³/mol. The number of nitrogens with zero attached hydrogens (tertiary/aromatic N) is 1. The van der Waals surface area contributed by atoms with E-state index in [2.05, 4.69) is 29.2 Å². The minimum Gasteiger partial charge on any atom is -0.469 e. The summed E-state index contributed by atoms with van der Waals surface area (Å²) >= 11 is 0. The maximum absolute atomic E-state index is 13.3. The van der Waals surface area contributed by atoms with Crippen molar-refractivity contribution in [1.82, 2.24) is 4.90 Å². The van der Waals surface area contributed by atoms with E-state index < -0.39 is 5.79 Å². The largest absolute Gasteiger partial charge is 0.469 e. The van der Waals surface area contributed by atoms with Gasteiger partial charge in [-0.1, -0.05) is 42.5 Å². The van der Waals surface area contributed by atoms with Crippen LogP contribution in [-0.4, -0.2) is 61.9 Å². The van der Waals surface area contributed by atoms with Crippen molar-refractivity contribution < 1.29 is 23.8 Å². The summed E-state index contributed by atoms with van der Waals surface area (Å²) in [5.41, 5.74) is 0.887. The number of unbranched alkanes of at least 4 members (excludes halogenated alkanes) is 1. The average molecular weight is 472 g/mol. The number of Topliss-reactive ketones (excluding diaryl/α,β-unsaturated/α-hetero) is 1. The Bertz CT molecular complexity index is 811. The lowest BCUT2D eigenvalue weighted by atomic mass is 9.89. The minimum atomic E-state index is -0.639. The van der Waals surface area contributed by atoms with Gasteiger partial charge in [0.1, 0.15) is 5.78 Å². The molecule has 0 aromatic heterocycles. The smallest absolute Gasteiger partial charge is 0.305 e. The summed E-state index contributed by atoms with van der Waals surface area (Å²) in [5.74, 6) is -0.462. The van der Waals surface area contributed by atoms with Crippen LogP contribution in [0.5, 0.6) is 0 Å². The summed E-state index contributed by atoms with van der Waals surface area (Å²) in [6.45, 7) is 6.75. The van der Waals surface area contributed by atoms with Crippen LogP contribution in [0.15, 0.2) is 42.5 Å². The van der Waals surface area contributed by atoms with Crippen LogP contribution in [-0.2, 0) is 29.2 Å². The number of esters is 1. The molecule has 1 aliphatic carbocycles. The molecule has 188 valence electrons. The van der Waals surface area contributed by atoms with Crippen LogP contribution >= 0.6 is 0 Å². The van der Waals surface area contributed by atoms with Crippen LogP contribution in [0.4, 0.5) is 0 Å². The molecule has 6 heteroatoms. The standard InChI is InChI=1S/C28H41NO5/c1-4-33-28(34-5-2)20-22-29(24(28)15-11-6-7-12-16-26(31)32-3)21-17-25(30)27(18-19-27)23-13-9-8-10-14-23/h6,8-11,13-14,24H,4-5,7,12,15-22H2,1-3H3/t24-/m0/s1. The summed E-state index contributed by atoms with van der Waals surface area (Å²) in [4.78, 5) is 27.0. The SMILES string of the molecule is CCOC1(OCC)CCN(CCC(=O)C2(c3ccccc3)CC2)[C@H]1CC=CCCCC(=O)OC. The number of benzene rings is 1. The number of carbonyl (C=O) groups is 2. The third-order valence-electron chi connectivity index (χ3n) is 7.21. The Morgan fingerprint density at radius 2 is 1.74 bits per heavy atom. The van der Waals surface area contributed by atoms with Gasteiger partial charge in [0, 0.05) is 45.6 Å². The second-order valence-corrected chi connectivity index (χ2v) is 9.28. The van der Waals surface area contributed by atoms with E-state index in [4.69, 9.17) is 14.2 Å². The van der Waals surface area contributed by atoms with Crippen LogP contribution < -0.4 is 0 Å². The fraction of sp³-hybridized carbons (Fsp3) is 0.643. The van der Waals surface area contributed by atoms with Crippen molar-refractivity contribution in [2.24, 2.45) is 0 Å². The number of hydrogen-bond acceptors (Lipinski definition) is 6. The quantitative estimate of drug-likeness (QED) is 0.158. The first kappa shape index (κ1) is 26.6. The van der Waals surface area contributed by atoms with Gasteiger partial charge in [-0.2, -0.15) is 0 Å². The maximum atomic E-state index is 13.3. The molecular weight excluding hydrogens is 430 g/mol. The van der Waals surface area contributed by atoms with Crippen LogP contribution in [0.3, 0.4) is 0 Å². The van der Waals surface area contributed by atoms with Gasteiger partial charge in [0.25, 0.3) is 0 Å². The molecule has 1 atom stereocenters. The number of ether oxygens (including phenoxy) is 3. The third kappa shape index (κ3) is 6.35. The van der Waals surface area contributed by atoms with E-state index in [0.717, 1.165) is 57.2 Å². The lowest BCUT2D eigenvalue weighted by Gasteiger charge is -2.37. The molecule has 1 aliphatic heterocycles. The lowest BCUT2D eigenvalue weighted by molar-refractivity contribution is -0.244. The Morgan fingerprint density at radius 1 is 1.03 bits per heavy atom. The molecule has 34 heavy (non-hydrogen) atoms. The molecule has 1 heterocycles. The van der Waals surface area contributed by atoms with E-state index in [1.165, 1.54) is 7.11 Å². The predicted octanol–water partition coefficient (Wildman–Crippen LogP) is 4.81. The minimum absolute atomic E-state index is 0.0592. The Morgan fingerprint density at radius 3 is 2.35 bits per heavy atom. The van der Waals surface area contributed by atoms with Gasteiger partial charge in [-0.15, -0.1) is 0 Å². The van der Waals surface area contributed by atoms with Crippen LogP contribution in [0, 0.1) is 0 Å². The van der Waals surface area contributed by atoms with Gasteiger partial charge in [-0.05, 0) is 51.5 Å². The molecule has 0 amide bonds. The first-order valence-corrected chi connectivity index (χ1v) is 12.8. The molecule has 3 rings (SSSR count). The van der Waals surface area contributed by atoms with Gasteiger partial charge in [-0.3, -0.25) is 14.5 Å². The summed E-state index contributed by atoms with van der Waals surface area (Å²) in [5, 5.41) is 0. The third-order valence-corrected chi connectivity index (χ3v) is 7.21. The van der Waals surface area contributed by atoms with Crippen LogP contribution in [0.25, 0.3) is 0 Å². The normalized spacial score (nSPS) is 21.1. The average Bonchev–Trinajstić information content (AvgIpc) is 3.60. The van der Waals surface area contributed by atoms with E-state index in [0.29, 0.717) is 31.8 Å². The van der Waals surface area contributed by atoms with E-state index >= 15 is 0 Å². The van der Waals surface area contributed by atoms with E-state index in [1.807, 2.05) is 32.0 Å². The first-order chi connectivity index (χ1) is 16.5. The Kier molecular flexibility index (Phi) is 9.86. The summed E-state index contributed by atoms with van der Waals surface area (Å²) in [6, 6.07) is 10.3. The number of hydrogen-bond donors (Lipinski definition) is 0. The van der Waals surface area contributed by atoms with Crippen LogP contribution in [0.1, 0.15) is 70.8 Å². The van der Waals surface area contributed by atoms with Crippen molar-refractivity contribution in [2.45, 2.75) is 82.5 Å². The van der Waals surface area contributed by atoms with Gasteiger partial charge < -0.3 is 14.2 Å². The van der Waals surface area contributed by atoms with Gasteiger partial charge in [0.05, 0.1) is 18.6 Å². The van der Waals surface area contributed by atoms with Crippen LogP contribution in [0.2, 0.25) is 0 Å². The zero-order valence-corrected chi connectivity index (χ0v) is 21.1. The maximum Gasteiger partial charge on any atom is 0.305 e. The van der Waals surface area contributed by atoms with E-state index in [9.17, 15) is 9.59 Å². The van der Waals surface area contributed by atoms with Crippen molar-refractivity contribution >= 4 is 11.8 Å². The second-order valence-electron chi connectivity index (χ2n) is 9.28. The zero-order valence-electron chi connectivity index (χ0n) is 21.1. The molecule has 1 aromatic rings. The van der Waals surface area contributed by atoms with Gasteiger partial charge in [0.2, 0.25) is 0 Å². The summed E-state index contributed by atoms with van der Waals surface area (Å²) in [6.07, 6.45) is 10.4. The molecule has 0 unspecified atom stereocenters. The second kappa shape index (κ2) is 12.6. The highest BCUT2D eigenvalue weighted by atomic mass is 16.7. The van der Waals surface area contributed by atoms with Crippen molar-refractivity contribution in [3.05, 3.63) is 48.0 Å². The van der Waals surface area contributed by atoms with Crippen molar-refractivity contribution in [2.75, 3.05) is 33.4 Å². The topological polar surface area (TPSA) is 65.1 Å². The number of carbonyl (C=O) groups excluding carboxylic acids is 2. The zero-order chi connectivity index (χ0) is 24.4. The molecule has 2 fully saturated rings. The molecule has 6 nitrogen and oxygen atoms in total. The molecule has 0 bridgehead atoms. The molecule has 0 spiro atoms. The molecule has 1 saturated heterocycles. The molecular formula is C28H41NO5. The van der Waals surface area contributed by atoms with Gasteiger partial charge in [-0.25, -0.2) is 0 Å². The Hall–Kier alpha value is -2.02. The lowest BCUT2D eigenvalue weighted by Crippen LogP contribution is -2.49. The van der Waals surface area contributed by atoms with E-state index in [1.54, 1.807) is 0 Å². The molecule has 2 aliphatic rings. The molecule has 0 N–H and O–H groups in total. The Labute approximate surface area is 204 Å². The van der Waals surface area contributed by atoms with Gasteiger partial charge >= 0.3 is 5.97 Å². The van der Waals surface area contributed by atoms with Crippen molar-refractivity contribution in [3.8, 4) is 0 Å². The first-order valence-electron chi connectivity index (χ1n) is 12.8. The number of ketones is 1. The van der Waals surface area contributed by atoms with Crippen molar-refractivity contribution in [1.29, 1.82) is 0 Å². The Balaban J connectivity index is 1.62. The monoisotopic (exact) mass is 471 g/mol. The number of allylic oxidation sites excluding steroid dienone is 1. The molecule has 1 aromatic carbocycles. The van der Waals surface area contributed by atoms with Gasteiger partial charge in [0.15, 0.2) is 5.79 Å². The van der Waals surface area contributed by atoms with Crippen molar-refractivity contribution in [3.63, 3.8) is 0 Å². The number of likely N-dealkylation sites (tertiary alicyclic amines) is 1. The fourth-order valence-electron chi connectivity index (χ4n) is 5.27. The highest BCUT2D eigenvalue weighted by molar-refractivity contribution is 5.93. The molecule has 1 saturated carbocycles. The summed E-state index contributed by atoms with van der Waals surface area (Å²) < 4.78 is 17.1. The summed E-state index contributed by atoms with van der Waals surface area (Å²) in [7, 11) is 1.42. The highest BCUT2D eigenvalue weighted by Gasteiger charge is 2.52. The fourth-order valence-corrected chi connectivity index (χ4v) is 5.27. The van der Waals surface area contributed by atoms with E-state index in [-0.39, 0.29) is 17.4 Å². The molecule has 0 radical (unpaired) electrons.